The summed E-state index contributed by atoms with van der Waals surface area (Å²) in [6.45, 7) is 1.80. The van der Waals surface area contributed by atoms with E-state index in [0.717, 1.165) is 24.5 Å². The molecule has 8 heteroatoms. The SMILES string of the molecule is CN(C)[C@@H]1CN(c2ccc(Cl)cc2)CC[C@@H]1Nc1nn(C)c(=O)c2cccnc12. The summed E-state index contributed by atoms with van der Waals surface area (Å²) in [4.78, 5) is 21.4. The molecule has 29 heavy (non-hydrogen) atoms. The number of likely N-dealkylation sites (N-methyl/N-ethyl adjacent to an activating group) is 1. The predicted octanol–water partition coefficient (Wildman–Crippen LogP) is 2.60. The number of benzene rings is 1. The molecular weight excluding hydrogens is 388 g/mol. The fraction of sp³-hybridized carbons (Fsp3) is 0.381. The zero-order valence-electron chi connectivity index (χ0n) is 16.8. The molecule has 1 saturated heterocycles. The fourth-order valence-corrected chi connectivity index (χ4v) is 4.09. The van der Waals surface area contributed by atoms with Crippen LogP contribution < -0.4 is 15.8 Å². The van der Waals surface area contributed by atoms with Crippen LogP contribution in [0.5, 0.6) is 0 Å². The second kappa shape index (κ2) is 8.00. The third-order valence-electron chi connectivity index (χ3n) is 5.57. The van der Waals surface area contributed by atoms with E-state index >= 15 is 0 Å². The Morgan fingerprint density at radius 3 is 2.69 bits per heavy atom. The van der Waals surface area contributed by atoms with Crippen molar-refractivity contribution in [2.45, 2.75) is 18.5 Å². The first-order chi connectivity index (χ1) is 13.9. The molecule has 152 valence electrons. The van der Waals surface area contributed by atoms with Crippen molar-refractivity contribution in [3.8, 4) is 0 Å². The van der Waals surface area contributed by atoms with E-state index in [0.29, 0.717) is 16.7 Å². The normalized spacial score (nSPS) is 19.7. The van der Waals surface area contributed by atoms with Crippen LogP contribution in [0, 0.1) is 0 Å². The van der Waals surface area contributed by atoms with Crippen LogP contribution in [0.2, 0.25) is 5.02 Å². The van der Waals surface area contributed by atoms with E-state index < -0.39 is 0 Å². The standard InChI is InChI=1S/C21H25ClN6O/c1-26(2)18-13-28(15-8-6-14(22)7-9-15)12-10-17(18)24-20-19-16(5-4-11-23-19)21(29)27(3)25-20/h4-9,11,17-18H,10,12-13H2,1-3H3,(H,24,25)/t17-,18+/m0/s1. The third-order valence-corrected chi connectivity index (χ3v) is 5.82. The van der Waals surface area contributed by atoms with E-state index in [1.165, 1.54) is 10.4 Å². The van der Waals surface area contributed by atoms with Gasteiger partial charge in [-0.3, -0.25) is 9.78 Å². The Hall–Kier alpha value is -2.64. The van der Waals surface area contributed by atoms with Crippen LogP contribution in [0.3, 0.4) is 0 Å². The maximum atomic E-state index is 12.4. The topological polar surface area (TPSA) is 66.3 Å². The Bertz CT molecular complexity index is 1060. The van der Waals surface area contributed by atoms with Crippen molar-refractivity contribution >= 4 is 34.0 Å². The van der Waals surface area contributed by atoms with E-state index in [2.05, 4.69) is 51.4 Å². The lowest BCUT2D eigenvalue weighted by molar-refractivity contribution is 0.239. The maximum Gasteiger partial charge on any atom is 0.276 e. The lowest BCUT2D eigenvalue weighted by atomic mass is 9.97. The number of piperidine rings is 1. The summed E-state index contributed by atoms with van der Waals surface area (Å²) in [6.07, 6.45) is 2.63. The first-order valence-corrected chi connectivity index (χ1v) is 10.1. The molecular formula is C21H25ClN6O. The van der Waals surface area contributed by atoms with Gasteiger partial charge in [0.25, 0.3) is 5.56 Å². The molecule has 2 atom stereocenters. The minimum absolute atomic E-state index is 0.139. The number of aromatic nitrogens is 3. The van der Waals surface area contributed by atoms with Gasteiger partial charge in [0.05, 0.1) is 5.39 Å². The zero-order valence-corrected chi connectivity index (χ0v) is 17.6. The van der Waals surface area contributed by atoms with Gasteiger partial charge < -0.3 is 15.1 Å². The number of fused-ring (bicyclic) bond motifs is 1. The molecule has 0 aliphatic carbocycles. The molecule has 1 N–H and O–H groups in total. The molecule has 7 nitrogen and oxygen atoms in total. The molecule has 0 bridgehead atoms. The van der Waals surface area contributed by atoms with Crippen molar-refractivity contribution in [3.05, 3.63) is 58.0 Å². The molecule has 0 spiro atoms. The first-order valence-electron chi connectivity index (χ1n) is 9.69. The molecule has 3 aromatic rings. The van der Waals surface area contributed by atoms with E-state index in [9.17, 15) is 4.79 Å². The highest BCUT2D eigenvalue weighted by atomic mass is 35.5. The van der Waals surface area contributed by atoms with E-state index in [1.807, 2.05) is 12.1 Å². The Kier molecular flexibility index (Phi) is 5.43. The first kappa shape index (κ1) is 19.7. The molecule has 0 saturated carbocycles. The number of aryl methyl sites for hydroxylation is 1. The Balaban J connectivity index is 1.61. The average molecular weight is 413 g/mol. The third kappa shape index (κ3) is 3.93. The number of rotatable bonds is 4. The second-order valence-electron chi connectivity index (χ2n) is 7.67. The number of hydrogen-bond acceptors (Lipinski definition) is 6. The van der Waals surface area contributed by atoms with Crippen LogP contribution in [-0.4, -0.2) is 58.9 Å². The van der Waals surface area contributed by atoms with Crippen molar-refractivity contribution in [1.29, 1.82) is 0 Å². The van der Waals surface area contributed by atoms with Gasteiger partial charge in [0.1, 0.15) is 5.52 Å². The number of nitrogens with one attached hydrogen (secondary N) is 1. The van der Waals surface area contributed by atoms with Gasteiger partial charge in [-0.25, -0.2) is 4.68 Å². The second-order valence-corrected chi connectivity index (χ2v) is 8.11. The van der Waals surface area contributed by atoms with Crippen LogP contribution in [0.4, 0.5) is 11.5 Å². The summed E-state index contributed by atoms with van der Waals surface area (Å²) in [5.74, 6) is 0.652. The van der Waals surface area contributed by atoms with Crippen molar-refractivity contribution in [2.75, 3.05) is 37.4 Å². The summed E-state index contributed by atoms with van der Waals surface area (Å²) in [5.41, 5.74) is 1.65. The molecule has 1 fully saturated rings. The lowest BCUT2D eigenvalue weighted by Crippen LogP contribution is -2.56. The molecule has 2 aromatic heterocycles. The fourth-order valence-electron chi connectivity index (χ4n) is 3.97. The van der Waals surface area contributed by atoms with Gasteiger partial charge in [0.2, 0.25) is 0 Å². The molecule has 1 aromatic carbocycles. The van der Waals surface area contributed by atoms with Crippen molar-refractivity contribution < 1.29 is 0 Å². The quantitative estimate of drug-likeness (QED) is 0.710. The summed E-state index contributed by atoms with van der Waals surface area (Å²) in [6, 6.07) is 12.0. The molecule has 3 heterocycles. The van der Waals surface area contributed by atoms with Gasteiger partial charge >= 0.3 is 0 Å². The largest absolute Gasteiger partial charge is 0.370 e. The molecule has 0 amide bonds. The summed E-state index contributed by atoms with van der Waals surface area (Å²) in [7, 11) is 5.86. The molecule has 1 aliphatic heterocycles. The van der Waals surface area contributed by atoms with E-state index in [4.69, 9.17) is 11.6 Å². The van der Waals surface area contributed by atoms with Gasteiger partial charge in [-0.15, -0.1) is 0 Å². The number of nitrogens with zero attached hydrogens (tertiary/aromatic N) is 5. The number of halogens is 1. The van der Waals surface area contributed by atoms with Crippen molar-refractivity contribution in [1.82, 2.24) is 19.7 Å². The van der Waals surface area contributed by atoms with Crippen LogP contribution in [0.25, 0.3) is 10.9 Å². The van der Waals surface area contributed by atoms with Gasteiger partial charge in [-0.2, -0.15) is 5.10 Å². The Morgan fingerprint density at radius 2 is 1.97 bits per heavy atom. The average Bonchev–Trinajstić information content (AvgIpc) is 2.72. The highest BCUT2D eigenvalue weighted by Gasteiger charge is 2.31. The van der Waals surface area contributed by atoms with E-state index in [1.54, 1.807) is 25.4 Å². The van der Waals surface area contributed by atoms with Crippen molar-refractivity contribution in [2.24, 2.45) is 7.05 Å². The van der Waals surface area contributed by atoms with Crippen LogP contribution in [-0.2, 0) is 7.05 Å². The number of hydrogen-bond donors (Lipinski definition) is 1. The van der Waals surface area contributed by atoms with Crippen molar-refractivity contribution in [3.63, 3.8) is 0 Å². The van der Waals surface area contributed by atoms with Crippen LogP contribution >= 0.6 is 11.6 Å². The zero-order chi connectivity index (χ0) is 20.5. The van der Waals surface area contributed by atoms with Gasteiger partial charge in [-0.1, -0.05) is 11.6 Å². The predicted molar refractivity (Wildman–Crippen MR) is 118 cm³/mol. The highest BCUT2D eigenvalue weighted by Crippen LogP contribution is 2.26. The monoisotopic (exact) mass is 412 g/mol. The minimum atomic E-state index is -0.139. The highest BCUT2D eigenvalue weighted by molar-refractivity contribution is 6.30. The van der Waals surface area contributed by atoms with Gasteiger partial charge in [0, 0.05) is 49.1 Å². The smallest absolute Gasteiger partial charge is 0.276 e. The molecule has 0 unspecified atom stereocenters. The number of anilines is 2. The summed E-state index contributed by atoms with van der Waals surface area (Å²) >= 11 is 6.04. The Labute approximate surface area is 174 Å². The van der Waals surface area contributed by atoms with E-state index in [-0.39, 0.29) is 17.6 Å². The summed E-state index contributed by atoms with van der Waals surface area (Å²) < 4.78 is 1.37. The summed E-state index contributed by atoms with van der Waals surface area (Å²) in [5, 5.41) is 9.36. The van der Waals surface area contributed by atoms with Crippen LogP contribution in [0.1, 0.15) is 6.42 Å². The van der Waals surface area contributed by atoms with Gasteiger partial charge in [-0.05, 0) is 56.9 Å². The van der Waals surface area contributed by atoms with Gasteiger partial charge in [0.15, 0.2) is 5.82 Å². The maximum absolute atomic E-state index is 12.4. The minimum Gasteiger partial charge on any atom is -0.370 e. The molecule has 0 radical (unpaired) electrons. The molecule has 1 aliphatic rings. The van der Waals surface area contributed by atoms with Crippen LogP contribution in [0.15, 0.2) is 47.4 Å². The molecule has 4 rings (SSSR count). The number of pyridine rings is 1. The Morgan fingerprint density at radius 1 is 1.21 bits per heavy atom. The lowest BCUT2D eigenvalue weighted by Gasteiger charge is -2.43.